The third-order valence-electron chi connectivity index (χ3n) is 3.74. The number of rotatable bonds is 5. The van der Waals surface area contributed by atoms with Gasteiger partial charge < -0.3 is 10.6 Å². The van der Waals surface area contributed by atoms with E-state index in [4.69, 9.17) is 0 Å². The van der Waals surface area contributed by atoms with Crippen LogP contribution in [0.15, 0.2) is 49.1 Å². The molecule has 2 amide bonds. The largest absolute Gasteiger partial charge is 0.334 e. The van der Waals surface area contributed by atoms with Crippen molar-refractivity contribution in [2.45, 2.75) is 13.1 Å². The van der Waals surface area contributed by atoms with Crippen LogP contribution >= 0.6 is 0 Å². The number of hydrogen-bond acceptors (Lipinski definition) is 3. The SMILES string of the molecule is Cn1cc(-c2cncc(CNC(=O)NCc3ccc(F)cc3F)c2)cn1. The number of nitrogens with one attached hydrogen (secondary N) is 2. The van der Waals surface area contributed by atoms with Gasteiger partial charge in [0, 0.05) is 61.5 Å². The van der Waals surface area contributed by atoms with Crippen LogP contribution in [-0.4, -0.2) is 20.8 Å². The van der Waals surface area contributed by atoms with E-state index in [1.807, 2.05) is 19.3 Å². The van der Waals surface area contributed by atoms with E-state index in [0.717, 1.165) is 28.8 Å². The fraction of sp³-hybridized carbons (Fsp3) is 0.167. The fourth-order valence-electron chi connectivity index (χ4n) is 2.40. The van der Waals surface area contributed by atoms with Crippen LogP contribution in [0.4, 0.5) is 13.6 Å². The number of halogens is 2. The average molecular weight is 357 g/mol. The molecule has 0 aliphatic rings. The number of nitrogens with zero attached hydrogens (tertiary/aromatic N) is 3. The summed E-state index contributed by atoms with van der Waals surface area (Å²) in [5, 5.41) is 9.33. The van der Waals surface area contributed by atoms with Crippen LogP contribution in [0.2, 0.25) is 0 Å². The zero-order chi connectivity index (χ0) is 18.5. The summed E-state index contributed by atoms with van der Waals surface area (Å²) < 4.78 is 28.1. The minimum absolute atomic E-state index is 0.0358. The summed E-state index contributed by atoms with van der Waals surface area (Å²) in [5.41, 5.74) is 2.85. The molecular formula is C18H17F2N5O. The Bertz CT molecular complexity index is 925. The van der Waals surface area contributed by atoms with Crippen LogP contribution in [-0.2, 0) is 20.1 Å². The van der Waals surface area contributed by atoms with Gasteiger partial charge in [0.1, 0.15) is 11.6 Å². The van der Waals surface area contributed by atoms with Crippen molar-refractivity contribution in [3.8, 4) is 11.1 Å². The third kappa shape index (κ3) is 4.41. The Kier molecular flexibility index (Phi) is 5.21. The maximum absolute atomic E-state index is 13.5. The maximum Gasteiger partial charge on any atom is 0.315 e. The van der Waals surface area contributed by atoms with Gasteiger partial charge in [0.25, 0.3) is 0 Å². The maximum atomic E-state index is 13.5. The van der Waals surface area contributed by atoms with E-state index in [1.54, 1.807) is 23.3 Å². The van der Waals surface area contributed by atoms with Crippen molar-refractivity contribution in [1.29, 1.82) is 0 Å². The average Bonchev–Trinajstić information content (AvgIpc) is 3.06. The van der Waals surface area contributed by atoms with Crippen molar-refractivity contribution >= 4 is 6.03 Å². The van der Waals surface area contributed by atoms with Gasteiger partial charge in [0.2, 0.25) is 0 Å². The van der Waals surface area contributed by atoms with Gasteiger partial charge in [-0.15, -0.1) is 0 Å². The summed E-state index contributed by atoms with van der Waals surface area (Å²) in [7, 11) is 1.83. The lowest BCUT2D eigenvalue weighted by molar-refractivity contribution is 0.240. The molecule has 0 saturated heterocycles. The molecule has 2 heterocycles. The summed E-state index contributed by atoms with van der Waals surface area (Å²) in [6.45, 7) is 0.227. The molecule has 8 heteroatoms. The van der Waals surface area contributed by atoms with E-state index in [-0.39, 0.29) is 18.7 Å². The normalized spacial score (nSPS) is 10.6. The van der Waals surface area contributed by atoms with E-state index in [1.165, 1.54) is 6.07 Å². The van der Waals surface area contributed by atoms with Crippen molar-refractivity contribution in [1.82, 2.24) is 25.4 Å². The number of urea groups is 1. The second-order valence-electron chi connectivity index (χ2n) is 5.76. The highest BCUT2D eigenvalue weighted by molar-refractivity contribution is 5.74. The Morgan fingerprint density at radius 3 is 2.62 bits per heavy atom. The number of carbonyl (C=O) groups excluding carboxylic acids is 1. The molecule has 0 atom stereocenters. The molecule has 0 saturated carbocycles. The molecule has 134 valence electrons. The summed E-state index contributed by atoms with van der Waals surface area (Å²) in [4.78, 5) is 16.0. The van der Waals surface area contributed by atoms with Gasteiger partial charge in [-0.3, -0.25) is 9.67 Å². The standard InChI is InChI=1S/C18H17F2N5O/c1-25-11-15(10-24-25)14-4-12(6-21-8-14)7-22-18(26)23-9-13-2-3-16(19)5-17(13)20/h2-6,8,10-11H,7,9H2,1H3,(H2,22,23,26). The van der Waals surface area contributed by atoms with Crippen LogP contribution in [0.3, 0.4) is 0 Å². The molecule has 3 aromatic rings. The Hall–Kier alpha value is -3.29. The molecule has 0 bridgehead atoms. The van der Waals surface area contributed by atoms with Crippen LogP contribution in [0.25, 0.3) is 11.1 Å². The van der Waals surface area contributed by atoms with Crippen molar-refractivity contribution in [2.24, 2.45) is 7.05 Å². The molecule has 2 aromatic heterocycles. The Balaban J connectivity index is 1.54. The number of hydrogen-bond donors (Lipinski definition) is 2. The first kappa shape index (κ1) is 17.5. The Labute approximate surface area is 148 Å². The molecule has 0 aliphatic heterocycles. The van der Waals surface area contributed by atoms with E-state index in [0.29, 0.717) is 0 Å². The number of benzene rings is 1. The van der Waals surface area contributed by atoms with Gasteiger partial charge in [-0.2, -0.15) is 5.10 Å². The second-order valence-corrected chi connectivity index (χ2v) is 5.76. The molecule has 0 fully saturated rings. The Morgan fingerprint density at radius 1 is 1.08 bits per heavy atom. The van der Waals surface area contributed by atoms with Crippen LogP contribution in [0.1, 0.15) is 11.1 Å². The van der Waals surface area contributed by atoms with Gasteiger partial charge in [-0.05, 0) is 17.7 Å². The van der Waals surface area contributed by atoms with Crippen LogP contribution < -0.4 is 10.6 Å². The molecule has 26 heavy (non-hydrogen) atoms. The summed E-state index contributed by atoms with van der Waals surface area (Å²) in [6, 6.07) is 4.68. The molecule has 6 nitrogen and oxygen atoms in total. The van der Waals surface area contributed by atoms with Crippen molar-refractivity contribution < 1.29 is 13.6 Å². The first-order chi connectivity index (χ1) is 12.5. The smallest absolute Gasteiger partial charge is 0.315 e. The third-order valence-corrected chi connectivity index (χ3v) is 3.74. The van der Waals surface area contributed by atoms with Crippen molar-refractivity contribution in [3.63, 3.8) is 0 Å². The number of pyridine rings is 1. The van der Waals surface area contributed by atoms with Crippen LogP contribution in [0, 0.1) is 11.6 Å². The molecule has 0 unspecified atom stereocenters. The van der Waals surface area contributed by atoms with E-state index in [9.17, 15) is 13.6 Å². The van der Waals surface area contributed by atoms with Crippen molar-refractivity contribution in [3.05, 3.63) is 71.8 Å². The first-order valence-electron chi connectivity index (χ1n) is 7.90. The lowest BCUT2D eigenvalue weighted by Gasteiger charge is -2.09. The predicted octanol–water partition coefficient (Wildman–Crippen LogP) is 2.76. The summed E-state index contributed by atoms with van der Waals surface area (Å²) >= 11 is 0. The molecule has 0 spiro atoms. The fourth-order valence-corrected chi connectivity index (χ4v) is 2.40. The highest BCUT2D eigenvalue weighted by atomic mass is 19.1. The highest BCUT2D eigenvalue weighted by Crippen LogP contribution is 2.18. The monoisotopic (exact) mass is 357 g/mol. The summed E-state index contributed by atoms with van der Waals surface area (Å²) in [5.74, 6) is -1.35. The van der Waals surface area contributed by atoms with Gasteiger partial charge in [0.05, 0.1) is 6.20 Å². The molecular weight excluding hydrogens is 340 g/mol. The quantitative estimate of drug-likeness (QED) is 0.738. The topological polar surface area (TPSA) is 71.8 Å². The van der Waals surface area contributed by atoms with Gasteiger partial charge >= 0.3 is 6.03 Å². The summed E-state index contributed by atoms with van der Waals surface area (Å²) in [6.07, 6.45) is 6.98. The lowest BCUT2D eigenvalue weighted by Crippen LogP contribution is -2.34. The molecule has 2 N–H and O–H groups in total. The van der Waals surface area contributed by atoms with Crippen LogP contribution in [0.5, 0.6) is 0 Å². The zero-order valence-corrected chi connectivity index (χ0v) is 14.0. The molecule has 1 aromatic carbocycles. The first-order valence-corrected chi connectivity index (χ1v) is 7.90. The molecule has 0 aliphatic carbocycles. The van der Waals surface area contributed by atoms with E-state index in [2.05, 4.69) is 20.7 Å². The predicted molar refractivity (Wildman–Crippen MR) is 91.9 cm³/mol. The molecule has 3 rings (SSSR count). The number of amides is 2. The molecule has 0 radical (unpaired) electrons. The van der Waals surface area contributed by atoms with E-state index >= 15 is 0 Å². The highest BCUT2D eigenvalue weighted by Gasteiger charge is 2.07. The van der Waals surface area contributed by atoms with Gasteiger partial charge in [-0.1, -0.05) is 6.07 Å². The lowest BCUT2D eigenvalue weighted by atomic mass is 10.1. The number of carbonyl (C=O) groups is 1. The second kappa shape index (κ2) is 7.73. The minimum Gasteiger partial charge on any atom is -0.334 e. The van der Waals surface area contributed by atoms with E-state index < -0.39 is 17.7 Å². The minimum atomic E-state index is -0.696. The number of aryl methyl sites for hydroxylation is 1. The van der Waals surface area contributed by atoms with Gasteiger partial charge in [-0.25, -0.2) is 13.6 Å². The van der Waals surface area contributed by atoms with Gasteiger partial charge in [0.15, 0.2) is 0 Å². The van der Waals surface area contributed by atoms with Crippen molar-refractivity contribution in [2.75, 3.05) is 0 Å². The number of aromatic nitrogens is 3. The zero-order valence-electron chi connectivity index (χ0n) is 14.0. The Morgan fingerprint density at radius 2 is 1.88 bits per heavy atom.